The zero-order valence-electron chi connectivity index (χ0n) is 12.5. The van der Waals surface area contributed by atoms with E-state index in [2.05, 4.69) is 10.6 Å². The second kappa shape index (κ2) is 7.99. The summed E-state index contributed by atoms with van der Waals surface area (Å²) >= 11 is 11.9. The Morgan fingerprint density at radius 2 is 1.83 bits per heavy atom. The number of hydrogen-bond acceptors (Lipinski definition) is 2. The van der Waals surface area contributed by atoms with Gasteiger partial charge in [0.05, 0.1) is 10.6 Å². The van der Waals surface area contributed by atoms with Crippen molar-refractivity contribution in [3.8, 4) is 0 Å². The van der Waals surface area contributed by atoms with E-state index < -0.39 is 6.04 Å². The molecule has 0 aromatic heterocycles. The third kappa shape index (κ3) is 4.98. The second-order valence-electron chi connectivity index (χ2n) is 5.02. The average Bonchev–Trinajstić information content (AvgIpc) is 2.53. The molecule has 0 aliphatic heterocycles. The van der Waals surface area contributed by atoms with E-state index in [9.17, 15) is 9.59 Å². The Balaban J connectivity index is 1.90. The minimum atomic E-state index is -0.682. The number of benzene rings is 2. The van der Waals surface area contributed by atoms with Crippen LogP contribution in [0.3, 0.4) is 0 Å². The molecule has 2 rings (SSSR count). The molecule has 2 N–H and O–H groups in total. The summed E-state index contributed by atoms with van der Waals surface area (Å²) < 4.78 is 0. The molecular formula is C17H16Cl2N2O2. The summed E-state index contributed by atoms with van der Waals surface area (Å²) in [5.74, 6) is -0.675. The molecule has 2 amide bonds. The van der Waals surface area contributed by atoms with Crippen LogP contribution in [0.1, 0.15) is 22.8 Å². The quantitative estimate of drug-likeness (QED) is 0.867. The molecule has 6 heteroatoms. The van der Waals surface area contributed by atoms with Crippen molar-refractivity contribution < 1.29 is 9.59 Å². The van der Waals surface area contributed by atoms with Crippen LogP contribution in [-0.2, 0) is 11.3 Å². The fraction of sp³-hybridized carbons (Fsp3) is 0.176. The molecule has 23 heavy (non-hydrogen) atoms. The highest BCUT2D eigenvalue weighted by atomic mass is 35.5. The predicted octanol–water partition coefficient (Wildman–Crippen LogP) is 3.43. The molecule has 1 atom stereocenters. The summed E-state index contributed by atoms with van der Waals surface area (Å²) in [6.45, 7) is 1.95. The Kier molecular flexibility index (Phi) is 6.02. The highest BCUT2D eigenvalue weighted by Crippen LogP contribution is 2.14. The largest absolute Gasteiger partial charge is 0.350 e. The van der Waals surface area contributed by atoms with Gasteiger partial charge in [0.15, 0.2) is 0 Å². The summed E-state index contributed by atoms with van der Waals surface area (Å²) in [5, 5.41) is 6.33. The van der Waals surface area contributed by atoms with Crippen LogP contribution in [0.25, 0.3) is 0 Å². The topological polar surface area (TPSA) is 58.2 Å². The molecule has 0 saturated carbocycles. The van der Waals surface area contributed by atoms with Crippen LogP contribution in [0.4, 0.5) is 0 Å². The minimum Gasteiger partial charge on any atom is -0.350 e. The van der Waals surface area contributed by atoms with Crippen molar-refractivity contribution in [3.63, 3.8) is 0 Å². The van der Waals surface area contributed by atoms with Gasteiger partial charge in [-0.2, -0.15) is 0 Å². The molecule has 0 heterocycles. The number of amides is 2. The molecule has 0 bridgehead atoms. The van der Waals surface area contributed by atoms with Crippen molar-refractivity contribution in [3.05, 3.63) is 69.7 Å². The number of rotatable bonds is 5. The summed E-state index contributed by atoms with van der Waals surface area (Å²) in [6, 6.07) is 13.2. The molecule has 120 valence electrons. The SMILES string of the molecule is CC(NC(=O)c1ccccc1Cl)C(=O)NCc1cccc(Cl)c1. The Hall–Kier alpha value is -2.04. The van der Waals surface area contributed by atoms with E-state index >= 15 is 0 Å². The van der Waals surface area contributed by atoms with Gasteiger partial charge in [0.2, 0.25) is 5.91 Å². The summed E-state index contributed by atoms with van der Waals surface area (Å²) in [6.07, 6.45) is 0. The zero-order chi connectivity index (χ0) is 16.8. The maximum absolute atomic E-state index is 12.1. The maximum atomic E-state index is 12.1. The van der Waals surface area contributed by atoms with Gasteiger partial charge in [-0.15, -0.1) is 0 Å². The van der Waals surface area contributed by atoms with Crippen LogP contribution in [0.2, 0.25) is 10.0 Å². The lowest BCUT2D eigenvalue weighted by atomic mass is 10.2. The maximum Gasteiger partial charge on any atom is 0.253 e. The fourth-order valence-electron chi connectivity index (χ4n) is 1.97. The Labute approximate surface area is 144 Å². The fourth-order valence-corrected chi connectivity index (χ4v) is 2.41. The van der Waals surface area contributed by atoms with Crippen LogP contribution < -0.4 is 10.6 Å². The molecule has 4 nitrogen and oxygen atoms in total. The van der Waals surface area contributed by atoms with E-state index in [1.54, 1.807) is 43.3 Å². The van der Waals surface area contributed by atoms with E-state index in [0.29, 0.717) is 22.2 Å². The van der Waals surface area contributed by atoms with Gasteiger partial charge in [-0.05, 0) is 36.8 Å². The molecule has 0 spiro atoms. The summed E-state index contributed by atoms with van der Waals surface area (Å²) in [4.78, 5) is 24.2. The van der Waals surface area contributed by atoms with Crippen molar-refractivity contribution >= 4 is 35.0 Å². The van der Waals surface area contributed by atoms with Crippen LogP contribution in [-0.4, -0.2) is 17.9 Å². The first-order valence-electron chi connectivity index (χ1n) is 7.05. The summed E-state index contributed by atoms with van der Waals surface area (Å²) in [7, 11) is 0. The third-order valence-corrected chi connectivity index (χ3v) is 3.78. The van der Waals surface area contributed by atoms with E-state index in [1.807, 2.05) is 12.1 Å². The molecule has 0 aliphatic rings. The average molecular weight is 351 g/mol. The Bertz CT molecular complexity index is 719. The van der Waals surface area contributed by atoms with Gasteiger partial charge in [0.25, 0.3) is 5.91 Å². The first kappa shape index (κ1) is 17.3. The van der Waals surface area contributed by atoms with Gasteiger partial charge >= 0.3 is 0 Å². The van der Waals surface area contributed by atoms with Crippen molar-refractivity contribution in [1.29, 1.82) is 0 Å². The molecule has 0 saturated heterocycles. The van der Waals surface area contributed by atoms with Crippen LogP contribution in [0, 0.1) is 0 Å². The lowest BCUT2D eigenvalue weighted by Gasteiger charge is -2.14. The first-order chi connectivity index (χ1) is 11.0. The number of hydrogen-bond donors (Lipinski definition) is 2. The van der Waals surface area contributed by atoms with Crippen molar-refractivity contribution in [2.24, 2.45) is 0 Å². The van der Waals surface area contributed by atoms with Crippen LogP contribution in [0.15, 0.2) is 48.5 Å². The normalized spacial score (nSPS) is 11.6. The van der Waals surface area contributed by atoms with Gasteiger partial charge in [-0.1, -0.05) is 47.5 Å². The van der Waals surface area contributed by atoms with E-state index in [-0.39, 0.29) is 11.8 Å². The molecule has 0 radical (unpaired) electrons. The van der Waals surface area contributed by atoms with Crippen molar-refractivity contribution in [1.82, 2.24) is 10.6 Å². The second-order valence-corrected chi connectivity index (χ2v) is 5.87. The molecule has 1 unspecified atom stereocenters. The molecular weight excluding hydrogens is 335 g/mol. The van der Waals surface area contributed by atoms with Crippen molar-refractivity contribution in [2.75, 3.05) is 0 Å². The van der Waals surface area contributed by atoms with Gasteiger partial charge < -0.3 is 10.6 Å². The monoisotopic (exact) mass is 350 g/mol. The number of nitrogens with one attached hydrogen (secondary N) is 2. The Morgan fingerprint density at radius 3 is 2.52 bits per heavy atom. The van der Waals surface area contributed by atoms with Gasteiger partial charge in [-0.25, -0.2) is 0 Å². The molecule has 2 aromatic rings. The standard InChI is InChI=1S/C17H16Cl2N2O2/c1-11(21-17(23)14-7-2-3-8-15(14)19)16(22)20-10-12-5-4-6-13(18)9-12/h2-9,11H,10H2,1H3,(H,20,22)(H,21,23). The lowest BCUT2D eigenvalue weighted by molar-refractivity contribution is -0.122. The van der Waals surface area contributed by atoms with Crippen LogP contribution >= 0.6 is 23.2 Å². The molecule has 0 fully saturated rings. The number of carbonyl (C=O) groups is 2. The highest BCUT2D eigenvalue weighted by molar-refractivity contribution is 6.33. The highest BCUT2D eigenvalue weighted by Gasteiger charge is 2.17. The molecule has 0 aliphatic carbocycles. The van der Waals surface area contributed by atoms with E-state index in [0.717, 1.165) is 5.56 Å². The lowest BCUT2D eigenvalue weighted by Crippen LogP contribution is -2.44. The predicted molar refractivity (Wildman–Crippen MR) is 91.7 cm³/mol. The number of carbonyl (C=O) groups excluding carboxylic acids is 2. The summed E-state index contributed by atoms with van der Waals surface area (Å²) in [5.41, 5.74) is 1.22. The first-order valence-corrected chi connectivity index (χ1v) is 7.80. The third-order valence-electron chi connectivity index (χ3n) is 3.22. The minimum absolute atomic E-state index is 0.287. The number of halogens is 2. The molecule has 2 aromatic carbocycles. The van der Waals surface area contributed by atoms with Gasteiger partial charge in [0.1, 0.15) is 6.04 Å². The zero-order valence-corrected chi connectivity index (χ0v) is 14.0. The van der Waals surface area contributed by atoms with Gasteiger partial charge in [-0.3, -0.25) is 9.59 Å². The van der Waals surface area contributed by atoms with Crippen molar-refractivity contribution in [2.45, 2.75) is 19.5 Å². The van der Waals surface area contributed by atoms with E-state index in [1.165, 1.54) is 0 Å². The Morgan fingerprint density at radius 1 is 1.09 bits per heavy atom. The van der Waals surface area contributed by atoms with Gasteiger partial charge in [0, 0.05) is 11.6 Å². The van der Waals surface area contributed by atoms with Crippen LogP contribution in [0.5, 0.6) is 0 Å². The smallest absolute Gasteiger partial charge is 0.253 e. The van der Waals surface area contributed by atoms with E-state index in [4.69, 9.17) is 23.2 Å².